The van der Waals surface area contributed by atoms with E-state index in [0.29, 0.717) is 21.2 Å². The van der Waals surface area contributed by atoms with Gasteiger partial charge < -0.3 is 0 Å². The molecular formula is C38H38Au2Cl2N2O8P2-4. The third-order valence-corrected chi connectivity index (χ3v) is 17.1. The van der Waals surface area contributed by atoms with Crippen molar-refractivity contribution in [3.8, 4) is 0 Å². The van der Waals surface area contributed by atoms with E-state index in [0.717, 1.165) is 0 Å². The van der Waals surface area contributed by atoms with E-state index >= 15 is 0 Å². The maximum atomic E-state index is 11.1. The number of nitrogens with zero attached hydrogens (tertiary/aromatic N) is 2. The van der Waals surface area contributed by atoms with Crippen LogP contribution in [0.25, 0.3) is 0 Å². The van der Waals surface area contributed by atoms with E-state index in [1.54, 1.807) is 146 Å². The van der Waals surface area contributed by atoms with Crippen molar-refractivity contribution in [1.82, 2.24) is 9.97 Å². The molecule has 54 heavy (non-hydrogen) atoms. The molecule has 6 rings (SSSR count). The van der Waals surface area contributed by atoms with Crippen LogP contribution >= 0.6 is 13.7 Å². The molecule has 0 N–H and O–H groups in total. The Morgan fingerprint density at radius 2 is 0.537 bits per heavy atom. The Hall–Kier alpha value is -2.22. The van der Waals surface area contributed by atoms with Crippen molar-refractivity contribution in [2.24, 2.45) is 0 Å². The molecule has 0 spiro atoms. The molecule has 4 aromatic carbocycles. The van der Waals surface area contributed by atoms with Gasteiger partial charge in [-0.1, -0.05) is 12.1 Å². The van der Waals surface area contributed by atoms with E-state index in [9.17, 15) is 28.0 Å². The SMILES string of the molecule is [Au].[Au].[CH2-]P([CH2-])(O[Cl+3]([O-])([O-])[O-])(c1ccccc1)c1ccccc1.[CH2-]P([CH2-])(O[Cl+3]([O-])([O-])[O-])(c1ccccc1)c1ccccc1.c1ccncc1.c1ccncc1. The van der Waals surface area contributed by atoms with Gasteiger partial charge in [-0.3, -0.25) is 9.97 Å². The van der Waals surface area contributed by atoms with Gasteiger partial charge in [0.2, 0.25) is 0 Å². The summed E-state index contributed by atoms with van der Waals surface area (Å²) < 4.78 is 76.6. The molecule has 0 aliphatic rings. The van der Waals surface area contributed by atoms with Crippen molar-refractivity contribution in [2.75, 3.05) is 0 Å². The summed E-state index contributed by atoms with van der Waals surface area (Å²) in [5.41, 5.74) is 0. The fraction of sp³-hybridized carbons (Fsp3) is 0. The largest absolute Gasteiger partial charge is 0.265 e. The molecule has 2 aromatic heterocycles. The molecule has 0 saturated heterocycles. The van der Waals surface area contributed by atoms with Crippen LogP contribution in [0.2, 0.25) is 0 Å². The van der Waals surface area contributed by atoms with Crippen LogP contribution in [-0.2, 0) is 52.9 Å². The molecule has 0 aliphatic heterocycles. The smallest absolute Gasteiger partial charge is 0.0267 e. The zero-order valence-electron chi connectivity index (χ0n) is 28.6. The zero-order valence-corrected chi connectivity index (χ0v) is 36.2. The Kier molecular flexibility index (Phi) is 20.2. The molecule has 298 valence electrons. The normalized spacial score (nSPS) is 12.6. The number of halogens is 2. The van der Waals surface area contributed by atoms with Crippen LogP contribution in [0, 0.1) is 47.1 Å². The summed E-state index contributed by atoms with van der Waals surface area (Å²) >= 11 is 0. The Labute approximate surface area is 352 Å². The fourth-order valence-electron chi connectivity index (χ4n) is 4.59. The third kappa shape index (κ3) is 15.4. The summed E-state index contributed by atoms with van der Waals surface area (Å²) in [6.45, 7) is 7.67. The first-order valence-corrected chi connectivity index (χ1v) is 22.6. The summed E-state index contributed by atoms with van der Waals surface area (Å²) in [4.78, 5) is 7.57. The second-order valence-corrected chi connectivity index (χ2v) is 21.4. The van der Waals surface area contributed by atoms with E-state index < -0.39 is 34.1 Å². The van der Waals surface area contributed by atoms with Crippen molar-refractivity contribution >= 4 is 34.9 Å². The summed E-state index contributed by atoms with van der Waals surface area (Å²) in [6.07, 6.45) is 7.00. The molecule has 0 atom stereocenters. The van der Waals surface area contributed by atoms with E-state index in [4.69, 9.17) is 8.15 Å². The fourth-order valence-corrected chi connectivity index (χ4v) is 13.2. The number of hydrogen-bond acceptors (Lipinski definition) is 10. The number of benzene rings is 4. The number of aromatic nitrogens is 2. The van der Waals surface area contributed by atoms with Crippen LogP contribution in [0.1, 0.15) is 0 Å². The zero-order chi connectivity index (χ0) is 38.2. The predicted molar refractivity (Wildman–Crippen MR) is 190 cm³/mol. The van der Waals surface area contributed by atoms with Gasteiger partial charge in [-0.05, 0) is 24.3 Å². The van der Waals surface area contributed by atoms with Crippen LogP contribution in [0.3, 0.4) is 0 Å². The van der Waals surface area contributed by atoms with Gasteiger partial charge in [0.1, 0.15) is 0 Å². The average Bonchev–Trinajstić information content (AvgIpc) is 3.14. The number of rotatable bonds is 8. The quantitative estimate of drug-likeness (QED) is 0.123. The summed E-state index contributed by atoms with van der Waals surface area (Å²) in [5, 5.41) is 1.93. The van der Waals surface area contributed by atoms with Crippen molar-refractivity contribution in [3.05, 3.63) is 209 Å². The molecule has 0 saturated carbocycles. The number of pyridine rings is 2. The molecule has 0 fully saturated rings. The molecule has 2 heterocycles. The summed E-state index contributed by atoms with van der Waals surface area (Å²) in [7, 11) is -9.31. The molecule has 6 aromatic rings. The number of hydrogen-bond donors (Lipinski definition) is 0. The van der Waals surface area contributed by atoms with E-state index in [1.165, 1.54) is 0 Å². The first-order valence-electron chi connectivity index (χ1n) is 15.1. The second kappa shape index (κ2) is 21.9. The Bertz CT molecular complexity index is 1600. The molecular weight excluding hydrogens is 1140 g/mol. The molecule has 16 heteroatoms. The minimum absolute atomic E-state index is 0. The minimum atomic E-state index is -4.66. The monoisotopic (exact) mass is 1180 g/mol. The summed E-state index contributed by atoms with van der Waals surface area (Å²) in [5.74, 6) is 0. The summed E-state index contributed by atoms with van der Waals surface area (Å²) in [6, 6.07) is 45.5. The van der Waals surface area contributed by atoms with Crippen molar-refractivity contribution in [1.29, 1.82) is 0 Å². The van der Waals surface area contributed by atoms with Gasteiger partial charge in [0.25, 0.3) is 0 Å². The van der Waals surface area contributed by atoms with Gasteiger partial charge in [-0.25, -0.2) is 0 Å². The van der Waals surface area contributed by atoms with Crippen LogP contribution in [0.4, 0.5) is 0 Å². The van der Waals surface area contributed by atoms with Gasteiger partial charge in [0.15, 0.2) is 0 Å². The first kappa shape index (κ1) is 49.8. The van der Waals surface area contributed by atoms with Gasteiger partial charge in [-0.15, -0.1) is 0 Å². The van der Waals surface area contributed by atoms with Crippen molar-refractivity contribution in [2.45, 2.75) is 0 Å². The van der Waals surface area contributed by atoms with Crippen molar-refractivity contribution < 1.29 is 101 Å². The molecule has 0 amide bonds. The van der Waals surface area contributed by atoms with Gasteiger partial charge in [-0.2, -0.15) is 0 Å². The molecule has 0 bridgehead atoms. The minimum Gasteiger partial charge on any atom is -0.265 e. The van der Waals surface area contributed by atoms with E-state index in [1.807, 2.05) is 36.4 Å². The molecule has 2 radical (unpaired) electrons. The van der Waals surface area contributed by atoms with Crippen LogP contribution in [-0.4, -0.2) is 9.97 Å². The molecule has 0 aliphatic carbocycles. The maximum Gasteiger partial charge on any atom is 0.0267 e. The van der Waals surface area contributed by atoms with Crippen molar-refractivity contribution in [3.63, 3.8) is 0 Å². The Morgan fingerprint density at radius 3 is 0.667 bits per heavy atom. The Balaban J connectivity index is 0.000000401. The molecule has 10 nitrogen and oxygen atoms in total. The predicted octanol–water partition coefficient (Wildman–Crippen LogP) is 1.36. The van der Waals surface area contributed by atoms with Gasteiger partial charge >= 0.3 is 239 Å². The maximum absolute atomic E-state index is 11.1. The van der Waals surface area contributed by atoms with Gasteiger partial charge in [0.05, 0.1) is 0 Å². The van der Waals surface area contributed by atoms with Gasteiger partial charge in [0, 0.05) is 69.5 Å². The van der Waals surface area contributed by atoms with E-state index in [2.05, 4.69) is 36.6 Å². The topological polar surface area (TPSA) is 183 Å². The molecule has 0 unspecified atom stereocenters. The average molecular weight is 1180 g/mol. The van der Waals surface area contributed by atoms with E-state index in [-0.39, 0.29) is 44.8 Å². The third-order valence-electron chi connectivity index (χ3n) is 7.06. The first-order chi connectivity index (χ1) is 24.4. The second-order valence-electron chi connectivity index (χ2n) is 11.1. The standard InChI is InChI=1S/2C14H14ClO4P.2C5H5N.2Au/c2*1-20(2,19-15(16,17)18,13-9-5-3-6-10-13)14-11-7-4-8-12-14;2*1-2-4-6-5-3-1;;/h2*3-12H,1-2H2;2*1-5H;;/q2*-2;;;;. The van der Waals surface area contributed by atoms with Crippen LogP contribution < -0.4 is 49.2 Å². The van der Waals surface area contributed by atoms with Crippen LogP contribution in [0.5, 0.6) is 0 Å². The Morgan fingerprint density at radius 1 is 0.352 bits per heavy atom. The van der Waals surface area contributed by atoms with Crippen LogP contribution in [0.15, 0.2) is 183 Å².